The lowest BCUT2D eigenvalue weighted by Gasteiger charge is -2.25. The van der Waals surface area contributed by atoms with Crippen LogP contribution in [0.3, 0.4) is 0 Å². The van der Waals surface area contributed by atoms with Gasteiger partial charge in [-0.05, 0) is 36.8 Å². The number of nitrogens with zero attached hydrogens (tertiary/aromatic N) is 2. The summed E-state index contributed by atoms with van der Waals surface area (Å²) in [6.07, 6.45) is 0. The number of carbonyl (C=O) groups is 1. The van der Waals surface area contributed by atoms with Crippen LogP contribution in [0, 0.1) is 6.92 Å². The van der Waals surface area contributed by atoms with Gasteiger partial charge in [0.15, 0.2) is 5.11 Å². The van der Waals surface area contributed by atoms with E-state index in [0.29, 0.717) is 5.11 Å². The average Bonchev–Trinajstić information content (AvgIpc) is 3.10. The number of thiocarbonyl (C=S) groups is 1. The lowest BCUT2D eigenvalue weighted by atomic mass is 10.1. The number of para-hydroxylation sites is 1. The first-order valence-electron chi connectivity index (χ1n) is 7.56. The fraction of sp³-hybridized carbons (Fsp3) is 0.222. The van der Waals surface area contributed by atoms with E-state index < -0.39 is 0 Å². The van der Waals surface area contributed by atoms with E-state index in [9.17, 15) is 4.79 Å². The third-order valence-corrected chi connectivity index (χ3v) is 6.01. The summed E-state index contributed by atoms with van der Waals surface area (Å²) < 4.78 is 0. The Kier molecular flexibility index (Phi) is 3.62. The molecule has 23 heavy (non-hydrogen) atoms. The van der Waals surface area contributed by atoms with E-state index in [-0.39, 0.29) is 17.3 Å². The van der Waals surface area contributed by atoms with Gasteiger partial charge in [0.25, 0.3) is 5.91 Å². The van der Waals surface area contributed by atoms with Crippen molar-refractivity contribution in [1.29, 1.82) is 0 Å². The number of rotatable bonds is 2. The Morgan fingerprint density at radius 1 is 1.09 bits per heavy atom. The number of thioether (sulfide) groups is 1. The smallest absolute Gasteiger partial charge is 0.257 e. The first-order valence-corrected chi connectivity index (χ1v) is 9.02. The summed E-state index contributed by atoms with van der Waals surface area (Å²) >= 11 is 7.45. The van der Waals surface area contributed by atoms with Crippen LogP contribution in [0.25, 0.3) is 0 Å². The van der Waals surface area contributed by atoms with E-state index in [1.165, 1.54) is 11.1 Å². The number of hydrogen-bond donors (Lipinski definition) is 0. The van der Waals surface area contributed by atoms with Gasteiger partial charge in [0, 0.05) is 5.75 Å². The average molecular weight is 340 g/mol. The second-order valence-corrected chi connectivity index (χ2v) is 7.29. The van der Waals surface area contributed by atoms with Gasteiger partial charge in [-0.3, -0.25) is 9.69 Å². The standard InChI is InChI=1S/C18H16N2OS2/c1-12-7-9-13(10-8-12)17-20-15(11-23-17)16(21)19(18(20)22)14-5-3-2-4-6-14/h2-10,15,17H,11H2,1H3. The van der Waals surface area contributed by atoms with Crippen molar-refractivity contribution in [2.45, 2.75) is 18.3 Å². The molecule has 2 atom stereocenters. The van der Waals surface area contributed by atoms with Crippen molar-refractivity contribution < 1.29 is 4.79 Å². The Bertz CT molecular complexity index is 760. The Morgan fingerprint density at radius 2 is 1.78 bits per heavy atom. The van der Waals surface area contributed by atoms with Crippen LogP contribution in [0.4, 0.5) is 5.69 Å². The minimum atomic E-state index is -0.154. The van der Waals surface area contributed by atoms with Crippen LogP contribution in [0.15, 0.2) is 54.6 Å². The molecule has 0 aromatic heterocycles. The molecule has 2 aliphatic rings. The summed E-state index contributed by atoms with van der Waals surface area (Å²) in [6, 6.07) is 18.0. The van der Waals surface area contributed by atoms with Crippen molar-refractivity contribution in [3.63, 3.8) is 0 Å². The van der Waals surface area contributed by atoms with Gasteiger partial charge < -0.3 is 4.90 Å². The molecule has 2 saturated heterocycles. The van der Waals surface area contributed by atoms with Crippen molar-refractivity contribution in [3.05, 3.63) is 65.7 Å². The van der Waals surface area contributed by atoms with Crippen LogP contribution in [0.5, 0.6) is 0 Å². The van der Waals surface area contributed by atoms with Gasteiger partial charge in [-0.15, -0.1) is 11.8 Å². The van der Waals surface area contributed by atoms with E-state index in [1.807, 2.05) is 30.3 Å². The third kappa shape index (κ3) is 2.35. The molecule has 4 rings (SSSR count). The molecule has 2 aromatic rings. The molecule has 2 unspecified atom stereocenters. The highest BCUT2D eigenvalue weighted by molar-refractivity contribution is 7.99. The zero-order valence-corrected chi connectivity index (χ0v) is 14.3. The number of hydrogen-bond acceptors (Lipinski definition) is 3. The highest BCUT2D eigenvalue weighted by Gasteiger charge is 2.50. The Balaban J connectivity index is 1.68. The molecule has 116 valence electrons. The van der Waals surface area contributed by atoms with Gasteiger partial charge in [0.1, 0.15) is 11.4 Å². The summed E-state index contributed by atoms with van der Waals surface area (Å²) in [4.78, 5) is 16.6. The molecule has 3 nitrogen and oxygen atoms in total. The molecule has 0 N–H and O–H groups in total. The van der Waals surface area contributed by atoms with Crippen LogP contribution in [0.2, 0.25) is 0 Å². The number of aryl methyl sites for hydroxylation is 1. The predicted molar refractivity (Wildman–Crippen MR) is 98.5 cm³/mol. The molecular formula is C18H16N2OS2. The van der Waals surface area contributed by atoms with E-state index in [4.69, 9.17) is 12.2 Å². The quantitative estimate of drug-likeness (QED) is 0.777. The van der Waals surface area contributed by atoms with Crippen molar-refractivity contribution in [2.24, 2.45) is 0 Å². The topological polar surface area (TPSA) is 23.6 Å². The molecule has 0 spiro atoms. The minimum Gasteiger partial charge on any atom is -0.319 e. The largest absolute Gasteiger partial charge is 0.319 e. The molecule has 2 aromatic carbocycles. The molecular weight excluding hydrogens is 324 g/mol. The van der Waals surface area contributed by atoms with E-state index in [1.54, 1.807) is 16.7 Å². The van der Waals surface area contributed by atoms with Gasteiger partial charge in [-0.1, -0.05) is 48.0 Å². The second-order valence-electron chi connectivity index (χ2n) is 5.81. The van der Waals surface area contributed by atoms with Gasteiger partial charge in [0.2, 0.25) is 0 Å². The summed E-state index contributed by atoms with van der Waals surface area (Å²) in [5, 5.41) is 0.729. The minimum absolute atomic E-state index is 0.0864. The maximum atomic E-state index is 12.8. The van der Waals surface area contributed by atoms with Gasteiger partial charge in [0.05, 0.1) is 5.69 Å². The van der Waals surface area contributed by atoms with Gasteiger partial charge >= 0.3 is 0 Å². The number of carbonyl (C=O) groups excluding carboxylic acids is 1. The zero-order valence-electron chi connectivity index (χ0n) is 12.7. The molecule has 0 aliphatic carbocycles. The fourth-order valence-electron chi connectivity index (χ4n) is 3.09. The number of anilines is 1. The maximum absolute atomic E-state index is 12.8. The molecule has 0 bridgehead atoms. The normalized spacial score (nSPS) is 23.5. The fourth-order valence-corrected chi connectivity index (χ4v) is 5.01. The maximum Gasteiger partial charge on any atom is 0.257 e. The van der Waals surface area contributed by atoms with Crippen LogP contribution >= 0.6 is 24.0 Å². The van der Waals surface area contributed by atoms with E-state index in [2.05, 4.69) is 36.1 Å². The number of benzene rings is 2. The monoisotopic (exact) mass is 340 g/mol. The number of fused-ring (bicyclic) bond motifs is 1. The van der Waals surface area contributed by atoms with Crippen molar-refractivity contribution >= 4 is 40.7 Å². The Labute approximate surface area is 145 Å². The first-order chi connectivity index (χ1) is 11.2. The van der Waals surface area contributed by atoms with Crippen molar-refractivity contribution in [1.82, 2.24) is 4.90 Å². The predicted octanol–water partition coefficient (Wildman–Crippen LogP) is 3.74. The third-order valence-electron chi connectivity index (χ3n) is 4.29. The summed E-state index contributed by atoms with van der Waals surface area (Å²) in [5.41, 5.74) is 3.29. The molecule has 2 aliphatic heterocycles. The molecule has 5 heteroatoms. The van der Waals surface area contributed by atoms with Crippen LogP contribution in [0.1, 0.15) is 16.5 Å². The summed E-state index contributed by atoms with van der Waals surface area (Å²) in [5.74, 6) is 0.865. The molecule has 2 heterocycles. The first kappa shape index (κ1) is 14.7. The number of amides is 1. The Hall–Kier alpha value is -1.85. The molecule has 2 fully saturated rings. The molecule has 1 amide bonds. The van der Waals surface area contributed by atoms with Crippen LogP contribution in [-0.2, 0) is 4.79 Å². The van der Waals surface area contributed by atoms with E-state index in [0.717, 1.165) is 11.4 Å². The summed E-state index contributed by atoms with van der Waals surface area (Å²) in [6.45, 7) is 2.08. The zero-order chi connectivity index (χ0) is 16.0. The summed E-state index contributed by atoms with van der Waals surface area (Å²) in [7, 11) is 0. The Morgan fingerprint density at radius 3 is 2.48 bits per heavy atom. The van der Waals surface area contributed by atoms with Crippen molar-refractivity contribution in [3.8, 4) is 0 Å². The molecule has 0 radical (unpaired) electrons. The van der Waals surface area contributed by atoms with Crippen molar-refractivity contribution in [2.75, 3.05) is 10.7 Å². The van der Waals surface area contributed by atoms with Gasteiger partial charge in [-0.2, -0.15) is 0 Å². The lowest BCUT2D eigenvalue weighted by Crippen LogP contribution is -2.33. The second kappa shape index (κ2) is 5.65. The lowest BCUT2D eigenvalue weighted by molar-refractivity contribution is -0.119. The van der Waals surface area contributed by atoms with Crippen LogP contribution in [-0.4, -0.2) is 27.7 Å². The molecule has 0 saturated carbocycles. The highest BCUT2D eigenvalue weighted by atomic mass is 32.2. The van der Waals surface area contributed by atoms with E-state index >= 15 is 0 Å². The highest BCUT2D eigenvalue weighted by Crippen LogP contribution is 2.46. The SMILES string of the molecule is Cc1ccc(C2SCC3C(=O)N(c4ccccc4)C(=S)N32)cc1. The van der Waals surface area contributed by atoms with Crippen LogP contribution < -0.4 is 4.90 Å². The van der Waals surface area contributed by atoms with Gasteiger partial charge in [-0.25, -0.2) is 0 Å².